The number of nitrogens with zero attached hydrogens (tertiary/aromatic N) is 1. The summed E-state index contributed by atoms with van der Waals surface area (Å²) in [4.78, 5) is 27.8. The molecule has 160 valence electrons. The number of morpholine rings is 1. The summed E-state index contributed by atoms with van der Waals surface area (Å²) < 4.78 is 5.31. The molecule has 0 unspecified atom stereocenters. The van der Waals surface area contributed by atoms with Gasteiger partial charge in [0.2, 0.25) is 11.8 Å². The predicted molar refractivity (Wildman–Crippen MR) is 114 cm³/mol. The van der Waals surface area contributed by atoms with Crippen molar-refractivity contribution in [1.82, 2.24) is 15.5 Å². The minimum atomic E-state index is -1.00. The average Bonchev–Trinajstić information content (AvgIpc) is 2.79. The molecular formula is C23H29N3O4. The maximum atomic E-state index is 13.1. The number of aliphatic hydroxyl groups excluding tert-OH is 1. The molecule has 7 heteroatoms. The molecule has 1 heterocycles. The average molecular weight is 412 g/mol. The van der Waals surface area contributed by atoms with Crippen LogP contribution in [0.25, 0.3) is 0 Å². The van der Waals surface area contributed by atoms with E-state index in [4.69, 9.17) is 4.74 Å². The van der Waals surface area contributed by atoms with E-state index in [0.717, 1.165) is 24.2 Å². The van der Waals surface area contributed by atoms with E-state index in [2.05, 4.69) is 15.5 Å². The lowest BCUT2D eigenvalue weighted by Crippen LogP contribution is -2.51. The second-order valence-corrected chi connectivity index (χ2v) is 7.24. The Hall–Kier alpha value is -2.74. The Balaban J connectivity index is 1.62. The third kappa shape index (κ3) is 6.13. The minimum absolute atomic E-state index is 0.324. The van der Waals surface area contributed by atoms with Gasteiger partial charge in [-0.15, -0.1) is 0 Å². The molecule has 0 spiro atoms. The highest BCUT2D eigenvalue weighted by Crippen LogP contribution is 2.24. The zero-order valence-electron chi connectivity index (χ0n) is 17.0. The van der Waals surface area contributed by atoms with E-state index in [9.17, 15) is 14.7 Å². The lowest BCUT2D eigenvalue weighted by Gasteiger charge is -2.27. The summed E-state index contributed by atoms with van der Waals surface area (Å²) in [5.74, 6) is -1.28. The van der Waals surface area contributed by atoms with E-state index in [1.54, 1.807) is 0 Å². The fraction of sp³-hybridized carbons (Fsp3) is 0.391. The summed E-state index contributed by atoms with van der Waals surface area (Å²) in [5.41, 5.74) is 1.65. The quantitative estimate of drug-likeness (QED) is 0.566. The van der Waals surface area contributed by atoms with Crippen molar-refractivity contribution >= 4 is 11.8 Å². The SMILES string of the molecule is O=C(N[C@@H](CO)C(=O)NCCN1CCOCC1)C(c1ccccc1)c1ccccc1. The number of hydrogen-bond acceptors (Lipinski definition) is 5. The highest BCUT2D eigenvalue weighted by molar-refractivity contribution is 5.92. The molecular weight excluding hydrogens is 382 g/mol. The summed E-state index contributed by atoms with van der Waals surface area (Å²) >= 11 is 0. The molecule has 1 saturated heterocycles. The van der Waals surface area contributed by atoms with Crippen molar-refractivity contribution in [3.8, 4) is 0 Å². The third-order valence-corrected chi connectivity index (χ3v) is 5.17. The number of benzene rings is 2. The molecule has 2 aromatic rings. The highest BCUT2D eigenvalue weighted by atomic mass is 16.5. The molecule has 0 saturated carbocycles. The van der Waals surface area contributed by atoms with Gasteiger partial charge in [-0.05, 0) is 11.1 Å². The van der Waals surface area contributed by atoms with Crippen LogP contribution in [0.1, 0.15) is 17.0 Å². The number of nitrogens with one attached hydrogen (secondary N) is 2. The summed E-state index contributed by atoms with van der Waals surface area (Å²) in [7, 11) is 0. The Labute approximate surface area is 177 Å². The maximum absolute atomic E-state index is 13.1. The van der Waals surface area contributed by atoms with Gasteiger partial charge in [-0.3, -0.25) is 14.5 Å². The lowest BCUT2D eigenvalue weighted by atomic mass is 9.90. The summed E-state index contributed by atoms with van der Waals surface area (Å²) in [5, 5.41) is 15.2. The van der Waals surface area contributed by atoms with Crippen molar-refractivity contribution in [2.45, 2.75) is 12.0 Å². The van der Waals surface area contributed by atoms with E-state index < -0.39 is 18.6 Å². The first kappa shape index (κ1) is 22.0. The molecule has 2 aromatic carbocycles. The van der Waals surface area contributed by atoms with Gasteiger partial charge >= 0.3 is 0 Å². The molecule has 1 aliphatic rings. The van der Waals surface area contributed by atoms with Crippen molar-refractivity contribution < 1.29 is 19.4 Å². The maximum Gasteiger partial charge on any atom is 0.245 e. The molecule has 0 radical (unpaired) electrons. The van der Waals surface area contributed by atoms with Gasteiger partial charge in [0.05, 0.1) is 25.7 Å². The lowest BCUT2D eigenvalue weighted by molar-refractivity contribution is -0.130. The topological polar surface area (TPSA) is 90.9 Å². The second kappa shape index (κ2) is 11.4. The third-order valence-electron chi connectivity index (χ3n) is 5.17. The van der Waals surface area contributed by atoms with Crippen molar-refractivity contribution in [3.05, 3.63) is 71.8 Å². The molecule has 2 amide bonds. The van der Waals surface area contributed by atoms with Crippen LogP contribution >= 0.6 is 0 Å². The van der Waals surface area contributed by atoms with E-state index in [-0.39, 0.29) is 11.8 Å². The van der Waals surface area contributed by atoms with Crippen LogP contribution in [0.3, 0.4) is 0 Å². The van der Waals surface area contributed by atoms with E-state index in [1.165, 1.54) is 0 Å². The Morgan fingerprint density at radius 1 is 0.933 bits per heavy atom. The summed E-state index contributed by atoms with van der Waals surface area (Å²) in [6.07, 6.45) is 0. The Kier molecular flexibility index (Phi) is 8.38. The molecule has 7 nitrogen and oxygen atoms in total. The summed E-state index contributed by atoms with van der Waals surface area (Å²) in [6.45, 7) is 3.76. The van der Waals surface area contributed by atoms with Gasteiger partial charge in [0, 0.05) is 26.2 Å². The standard InChI is InChI=1S/C23H29N3O4/c27-17-20(22(28)24-11-12-26-13-15-30-16-14-26)25-23(29)21(18-7-3-1-4-8-18)19-9-5-2-6-10-19/h1-10,20-21,27H,11-17H2,(H,24,28)(H,25,29)/t20-/m0/s1. The fourth-order valence-corrected chi connectivity index (χ4v) is 3.52. The van der Waals surface area contributed by atoms with Gasteiger partial charge in [0.15, 0.2) is 0 Å². The number of amides is 2. The zero-order valence-corrected chi connectivity index (χ0v) is 17.0. The van der Waals surface area contributed by atoms with Gasteiger partial charge in [0.25, 0.3) is 0 Å². The Morgan fingerprint density at radius 3 is 2.03 bits per heavy atom. The van der Waals surface area contributed by atoms with Crippen LogP contribution in [0.2, 0.25) is 0 Å². The Bertz CT molecular complexity index is 755. The van der Waals surface area contributed by atoms with Crippen LogP contribution in [0.4, 0.5) is 0 Å². The first-order chi connectivity index (χ1) is 14.7. The van der Waals surface area contributed by atoms with E-state index in [0.29, 0.717) is 26.3 Å². The molecule has 3 rings (SSSR count). The minimum Gasteiger partial charge on any atom is -0.394 e. The van der Waals surface area contributed by atoms with Crippen molar-refractivity contribution in [1.29, 1.82) is 0 Å². The molecule has 1 aliphatic heterocycles. The molecule has 1 fully saturated rings. The van der Waals surface area contributed by atoms with Crippen molar-refractivity contribution in [2.24, 2.45) is 0 Å². The first-order valence-corrected chi connectivity index (χ1v) is 10.3. The molecule has 0 bridgehead atoms. The van der Waals surface area contributed by atoms with Crippen LogP contribution in [-0.4, -0.2) is 73.9 Å². The van der Waals surface area contributed by atoms with Crippen LogP contribution in [-0.2, 0) is 14.3 Å². The van der Waals surface area contributed by atoms with Crippen LogP contribution in [0.15, 0.2) is 60.7 Å². The number of ether oxygens (including phenoxy) is 1. The molecule has 1 atom stereocenters. The molecule has 0 aliphatic carbocycles. The predicted octanol–water partition coefficient (Wildman–Crippen LogP) is 0.744. The first-order valence-electron chi connectivity index (χ1n) is 10.3. The molecule has 0 aromatic heterocycles. The smallest absolute Gasteiger partial charge is 0.245 e. The van der Waals surface area contributed by atoms with E-state index >= 15 is 0 Å². The molecule has 3 N–H and O–H groups in total. The van der Waals surface area contributed by atoms with Gasteiger partial charge in [-0.25, -0.2) is 0 Å². The summed E-state index contributed by atoms with van der Waals surface area (Å²) in [6, 6.07) is 17.8. The zero-order chi connectivity index (χ0) is 21.2. The number of carbonyl (C=O) groups excluding carboxylic acids is 2. The Morgan fingerprint density at radius 2 is 1.50 bits per heavy atom. The largest absolute Gasteiger partial charge is 0.394 e. The number of carbonyl (C=O) groups is 2. The van der Waals surface area contributed by atoms with Gasteiger partial charge in [0.1, 0.15) is 6.04 Å². The van der Waals surface area contributed by atoms with Crippen molar-refractivity contribution in [2.75, 3.05) is 46.0 Å². The van der Waals surface area contributed by atoms with Crippen LogP contribution in [0, 0.1) is 0 Å². The monoisotopic (exact) mass is 411 g/mol. The van der Waals surface area contributed by atoms with Gasteiger partial charge < -0.3 is 20.5 Å². The fourth-order valence-electron chi connectivity index (χ4n) is 3.52. The molecule has 30 heavy (non-hydrogen) atoms. The van der Waals surface area contributed by atoms with Gasteiger partial charge in [-0.2, -0.15) is 0 Å². The van der Waals surface area contributed by atoms with Gasteiger partial charge in [-0.1, -0.05) is 60.7 Å². The second-order valence-electron chi connectivity index (χ2n) is 7.24. The number of aliphatic hydroxyl groups is 1. The highest BCUT2D eigenvalue weighted by Gasteiger charge is 2.27. The van der Waals surface area contributed by atoms with E-state index in [1.807, 2.05) is 60.7 Å². The number of rotatable bonds is 9. The normalized spacial score (nSPS) is 15.5. The number of hydrogen-bond donors (Lipinski definition) is 3. The van der Waals surface area contributed by atoms with Crippen molar-refractivity contribution in [3.63, 3.8) is 0 Å². The van der Waals surface area contributed by atoms with Crippen LogP contribution < -0.4 is 10.6 Å². The van der Waals surface area contributed by atoms with Crippen LogP contribution in [0.5, 0.6) is 0 Å².